The lowest BCUT2D eigenvalue weighted by Gasteiger charge is -2.11. The molecule has 0 saturated carbocycles. The van der Waals surface area contributed by atoms with Gasteiger partial charge in [-0.05, 0) is 48.2 Å². The molecule has 0 saturated heterocycles. The summed E-state index contributed by atoms with van der Waals surface area (Å²) in [6.07, 6.45) is 3.81. The SMILES string of the molecule is Cc1cccc(-c2cc3cc(Br)ccc3s2)c1-n1cccn1. The van der Waals surface area contributed by atoms with E-state index in [4.69, 9.17) is 0 Å². The topological polar surface area (TPSA) is 17.8 Å². The Balaban J connectivity index is 1.97. The largest absolute Gasteiger partial charge is 0.240 e. The molecule has 0 radical (unpaired) electrons. The first kappa shape index (κ1) is 13.7. The average molecular weight is 369 g/mol. The molecule has 0 N–H and O–H groups in total. The van der Waals surface area contributed by atoms with Gasteiger partial charge in [0.05, 0.1) is 5.69 Å². The fraction of sp³-hybridized carbons (Fsp3) is 0.0556. The van der Waals surface area contributed by atoms with Crippen LogP contribution in [0.2, 0.25) is 0 Å². The van der Waals surface area contributed by atoms with Crippen LogP contribution < -0.4 is 0 Å². The summed E-state index contributed by atoms with van der Waals surface area (Å²) in [5, 5.41) is 5.68. The van der Waals surface area contributed by atoms with Crippen molar-refractivity contribution >= 4 is 37.4 Å². The number of aryl methyl sites for hydroxylation is 1. The highest BCUT2D eigenvalue weighted by Crippen LogP contribution is 2.38. The van der Waals surface area contributed by atoms with E-state index in [1.807, 2.05) is 34.5 Å². The normalized spacial score (nSPS) is 11.2. The van der Waals surface area contributed by atoms with Gasteiger partial charge in [0.25, 0.3) is 0 Å². The number of hydrogen-bond acceptors (Lipinski definition) is 2. The first-order valence-corrected chi connectivity index (χ1v) is 8.62. The Morgan fingerprint density at radius 1 is 1.09 bits per heavy atom. The van der Waals surface area contributed by atoms with Gasteiger partial charge >= 0.3 is 0 Å². The minimum Gasteiger partial charge on any atom is -0.240 e. The molecule has 2 heterocycles. The fourth-order valence-electron chi connectivity index (χ4n) is 2.71. The maximum Gasteiger partial charge on any atom is 0.0761 e. The molecule has 0 spiro atoms. The van der Waals surface area contributed by atoms with Crippen molar-refractivity contribution < 1.29 is 0 Å². The molecule has 0 aliphatic heterocycles. The predicted molar refractivity (Wildman–Crippen MR) is 96.8 cm³/mol. The van der Waals surface area contributed by atoms with Crippen LogP contribution >= 0.6 is 27.3 Å². The smallest absolute Gasteiger partial charge is 0.0761 e. The molecule has 0 bridgehead atoms. The van der Waals surface area contributed by atoms with Crippen molar-refractivity contribution in [3.63, 3.8) is 0 Å². The maximum atomic E-state index is 4.42. The van der Waals surface area contributed by atoms with Crippen molar-refractivity contribution in [1.82, 2.24) is 9.78 Å². The van der Waals surface area contributed by atoms with Crippen LogP contribution in [0.25, 0.3) is 26.2 Å². The van der Waals surface area contributed by atoms with Crippen LogP contribution in [-0.4, -0.2) is 9.78 Å². The number of benzene rings is 2. The van der Waals surface area contributed by atoms with E-state index in [0.29, 0.717) is 0 Å². The van der Waals surface area contributed by atoms with E-state index in [0.717, 1.165) is 10.2 Å². The molecule has 0 fully saturated rings. The number of rotatable bonds is 2. The van der Waals surface area contributed by atoms with E-state index >= 15 is 0 Å². The number of para-hydroxylation sites is 1. The second-order valence-electron chi connectivity index (χ2n) is 5.21. The number of thiophene rings is 1. The first-order valence-electron chi connectivity index (χ1n) is 7.01. The summed E-state index contributed by atoms with van der Waals surface area (Å²) in [5.74, 6) is 0. The van der Waals surface area contributed by atoms with E-state index in [1.54, 1.807) is 0 Å². The summed E-state index contributed by atoms with van der Waals surface area (Å²) in [5.41, 5.74) is 3.60. The van der Waals surface area contributed by atoms with Crippen molar-refractivity contribution in [2.24, 2.45) is 0 Å². The van der Waals surface area contributed by atoms with Crippen molar-refractivity contribution in [2.75, 3.05) is 0 Å². The molecule has 0 aliphatic rings. The first-order chi connectivity index (χ1) is 10.7. The second kappa shape index (κ2) is 5.38. The van der Waals surface area contributed by atoms with Crippen molar-refractivity contribution in [3.05, 3.63) is 71.0 Å². The molecule has 2 aromatic carbocycles. The Labute approximate surface area is 141 Å². The third-order valence-corrected chi connectivity index (χ3v) is 5.36. The van der Waals surface area contributed by atoms with Gasteiger partial charge in [0, 0.05) is 32.0 Å². The molecule has 108 valence electrons. The standard InChI is InChI=1S/C18H13BrN2S/c1-12-4-2-5-15(18(12)21-9-3-8-20-21)17-11-13-10-14(19)6-7-16(13)22-17/h2-11H,1H3. The van der Waals surface area contributed by atoms with Gasteiger partial charge in [-0.25, -0.2) is 4.68 Å². The van der Waals surface area contributed by atoms with E-state index in [-0.39, 0.29) is 0 Å². The lowest BCUT2D eigenvalue weighted by molar-refractivity contribution is 0.875. The molecule has 2 aromatic heterocycles. The zero-order chi connectivity index (χ0) is 15.1. The molecule has 4 heteroatoms. The highest BCUT2D eigenvalue weighted by molar-refractivity contribution is 9.10. The van der Waals surface area contributed by atoms with Gasteiger partial charge in [-0.15, -0.1) is 11.3 Å². The Kier molecular flexibility index (Phi) is 3.36. The Hall–Kier alpha value is -1.91. The van der Waals surface area contributed by atoms with E-state index in [9.17, 15) is 0 Å². The molecule has 4 rings (SSSR count). The van der Waals surface area contributed by atoms with Crippen LogP contribution in [0.5, 0.6) is 0 Å². The number of halogens is 1. The fourth-order valence-corrected chi connectivity index (χ4v) is 4.16. The van der Waals surface area contributed by atoms with E-state index in [1.165, 1.54) is 26.1 Å². The maximum absolute atomic E-state index is 4.42. The Morgan fingerprint density at radius 2 is 2.00 bits per heavy atom. The van der Waals surface area contributed by atoms with Crippen molar-refractivity contribution in [3.8, 4) is 16.1 Å². The molecule has 22 heavy (non-hydrogen) atoms. The summed E-state index contributed by atoms with van der Waals surface area (Å²) in [6, 6.07) is 17.0. The summed E-state index contributed by atoms with van der Waals surface area (Å²) in [4.78, 5) is 1.27. The highest BCUT2D eigenvalue weighted by Gasteiger charge is 2.13. The third kappa shape index (κ3) is 2.28. The molecule has 0 aliphatic carbocycles. The number of hydrogen-bond donors (Lipinski definition) is 0. The number of fused-ring (bicyclic) bond motifs is 1. The molecule has 0 atom stereocenters. The highest BCUT2D eigenvalue weighted by atomic mass is 79.9. The Bertz CT molecular complexity index is 955. The zero-order valence-corrected chi connectivity index (χ0v) is 14.4. The molecule has 4 aromatic rings. The predicted octanol–water partition coefficient (Wildman–Crippen LogP) is 5.82. The molecular formula is C18H13BrN2S. The lowest BCUT2D eigenvalue weighted by atomic mass is 10.1. The van der Waals surface area contributed by atoms with Crippen LogP contribution in [0.1, 0.15) is 5.56 Å². The van der Waals surface area contributed by atoms with Gasteiger partial charge < -0.3 is 0 Å². The van der Waals surface area contributed by atoms with Gasteiger partial charge in [-0.2, -0.15) is 5.10 Å². The number of nitrogens with zero attached hydrogens (tertiary/aromatic N) is 2. The van der Waals surface area contributed by atoms with Crippen LogP contribution in [-0.2, 0) is 0 Å². The monoisotopic (exact) mass is 368 g/mol. The quantitative estimate of drug-likeness (QED) is 0.435. The van der Waals surface area contributed by atoms with Crippen LogP contribution in [0.15, 0.2) is 65.4 Å². The van der Waals surface area contributed by atoms with Gasteiger partial charge in [0.15, 0.2) is 0 Å². The van der Waals surface area contributed by atoms with Gasteiger partial charge in [-0.3, -0.25) is 0 Å². The molecular weight excluding hydrogens is 356 g/mol. The summed E-state index contributed by atoms with van der Waals surface area (Å²) in [6.45, 7) is 2.13. The molecule has 0 unspecified atom stereocenters. The van der Waals surface area contributed by atoms with Crippen molar-refractivity contribution in [2.45, 2.75) is 6.92 Å². The van der Waals surface area contributed by atoms with Crippen molar-refractivity contribution in [1.29, 1.82) is 0 Å². The summed E-state index contributed by atoms with van der Waals surface area (Å²) < 4.78 is 4.36. The summed E-state index contributed by atoms with van der Waals surface area (Å²) in [7, 11) is 0. The second-order valence-corrected chi connectivity index (χ2v) is 7.21. The van der Waals surface area contributed by atoms with Crippen LogP contribution in [0, 0.1) is 6.92 Å². The summed E-state index contributed by atoms with van der Waals surface area (Å²) >= 11 is 5.36. The van der Waals surface area contributed by atoms with Crippen LogP contribution in [0.3, 0.4) is 0 Å². The molecule has 0 amide bonds. The number of aromatic nitrogens is 2. The minimum absolute atomic E-state index is 1.11. The van der Waals surface area contributed by atoms with E-state index in [2.05, 4.69) is 70.4 Å². The van der Waals surface area contributed by atoms with Crippen LogP contribution in [0.4, 0.5) is 0 Å². The van der Waals surface area contributed by atoms with Gasteiger partial charge in [0.2, 0.25) is 0 Å². The molecule has 2 nitrogen and oxygen atoms in total. The zero-order valence-electron chi connectivity index (χ0n) is 12.0. The minimum atomic E-state index is 1.11. The van der Waals surface area contributed by atoms with Gasteiger partial charge in [-0.1, -0.05) is 34.1 Å². The average Bonchev–Trinajstić information content (AvgIpc) is 3.15. The Morgan fingerprint density at radius 3 is 2.82 bits per heavy atom. The van der Waals surface area contributed by atoms with Gasteiger partial charge in [0.1, 0.15) is 0 Å². The third-order valence-electron chi connectivity index (χ3n) is 3.72. The van der Waals surface area contributed by atoms with E-state index < -0.39 is 0 Å². The lowest BCUT2D eigenvalue weighted by Crippen LogP contribution is -1.99.